The van der Waals surface area contributed by atoms with Gasteiger partial charge in [-0.15, -0.1) is 10.2 Å². The number of hydrogen-bond acceptors (Lipinski definition) is 5. The highest BCUT2D eigenvalue weighted by molar-refractivity contribution is 6.31. The van der Waals surface area contributed by atoms with Crippen molar-refractivity contribution >= 4 is 23.2 Å². The summed E-state index contributed by atoms with van der Waals surface area (Å²) in [5, 5.41) is 12.5. The summed E-state index contributed by atoms with van der Waals surface area (Å²) in [6.45, 7) is 3.10. The number of aryl methyl sites for hydroxylation is 1. The molecule has 0 radical (unpaired) electrons. The predicted octanol–water partition coefficient (Wildman–Crippen LogP) is 3.48. The van der Waals surface area contributed by atoms with Crippen LogP contribution in [-0.4, -0.2) is 52.3 Å². The molecule has 0 saturated carbocycles. The normalized spacial score (nSPS) is 20.0. The molecule has 8 heteroatoms. The zero-order chi connectivity index (χ0) is 20.2. The summed E-state index contributed by atoms with van der Waals surface area (Å²) in [4.78, 5) is 14.9. The van der Waals surface area contributed by atoms with Gasteiger partial charge in [-0.3, -0.25) is 9.69 Å². The van der Waals surface area contributed by atoms with Gasteiger partial charge in [-0.05, 0) is 50.4 Å². The van der Waals surface area contributed by atoms with Crippen LogP contribution in [0, 0.1) is 0 Å². The molecule has 2 aliphatic heterocycles. The smallest absolute Gasteiger partial charge is 0.238 e. The number of aromatic nitrogens is 3. The molecule has 3 heterocycles. The second-order valence-electron chi connectivity index (χ2n) is 7.90. The second-order valence-corrected chi connectivity index (χ2v) is 8.34. The maximum Gasteiger partial charge on any atom is 0.238 e. The topological polar surface area (TPSA) is 72.3 Å². The molecule has 0 aliphatic carbocycles. The van der Waals surface area contributed by atoms with Crippen molar-refractivity contribution in [2.24, 2.45) is 0 Å². The molecule has 4 rings (SSSR count). The minimum atomic E-state index is -0.0636. The lowest BCUT2D eigenvalue weighted by atomic mass is 9.97. The van der Waals surface area contributed by atoms with Crippen LogP contribution in [0.5, 0.6) is 5.75 Å². The number of likely N-dealkylation sites (tertiary alicyclic amines) is 1. The molecule has 0 spiro atoms. The number of nitrogens with zero attached hydrogens (tertiary/aromatic N) is 4. The number of carbonyl (C=O) groups is 1. The Kier molecular flexibility index (Phi) is 6.35. The van der Waals surface area contributed by atoms with E-state index in [1.807, 2.05) is 0 Å². The summed E-state index contributed by atoms with van der Waals surface area (Å²) in [6.07, 6.45) is 6.82. The summed E-state index contributed by atoms with van der Waals surface area (Å²) in [7, 11) is 1.58. The molecular formula is C21H28ClN5O2. The molecule has 7 nitrogen and oxygen atoms in total. The summed E-state index contributed by atoms with van der Waals surface area (Å²) < 4.78 is 7.65. The Labute approximate surface area is 176 Å². The van der Waals surface area contributed by atoms with Gasteiger partial charge in [-0.1, -0.05) is 18.0 Å². The first-order valence-corrected chi connectivity index (χ1v) is 10.8. The Morgan fingerprint density at radius 2 is 2.14 bits per heavy atom. The fraction of sp³-hybridized carbons (Fsp3) is 0.571. The fourth-order valence-electron chi connectivity index (χ4n) is 4.39. The molecule has 1 fully saturated rings. The highest BCUT2D eigenvalue weighted by atomic mass is 35.5. The highest BCUT2D eigenvalue weighted by Gasteiger charge is 2.28. The molecule has 1 unspecified atom stereocenters. The molecule has 0 bridgehead atoms. The van der Waals surface area contributed by atoms with Gasteiger partial charge in [0.05, 0.1) is 19.3 Å². The third kappa shape index (κ3) is 4.73. The van der Waals surface area contributed by atoms with Crippen molar-refractivity contribution < 1.29 is 9.53 Å². The number of methoxy groups -OCH3 is 1. The zero-order valence-electron chi connectivity index (χ0n) is 16.9. The third-order valence-electron chi connectivity index (χ3n) is 5.81. The van der Waals surface area contributed by atoms with Crippen LogP contribution in [0.25, 0.3) is 0 Å². The highest BCUT2D eigenvalue weighted by Crippen LogP contribution is 2.29. The van der Waals surface area contributed by atoms with Gasteiger partial charge in [0.1, 0.15) is 17.4 Å². The summed E-state index contributed by atoms with van der Waals surface area (Å²) in [5.74, 6) is 3.09. The molecule has 1 aromatic heterocycles. The number of amides is 1. The number of benzene rings is 1. The van der Waals surface area contributed by atoms with Crippen LogP contribution in [0.1, 0.15) is 49.7 Å². The monoisotopic (exact) mass is 417 g/mol. The Hall–Kier alpha value is -2.12. The first kappa shape index (κ1) is 20.2. The number of ether oxygens (including phenoxy) is 1. The Morgan fingerprint density at radius 3 is 3.00 bits per heavy atom. The van der Waals surface area contributed by atoms with Crippen molar-refractivity contribution in [1.82, 2.24) is 19.7 Å². The molecule has 29 heavy (non-hydrogen) atoms. The van der Waals surface area contributed by atoms with E-state index in [2.05, 4.69) is 25.0 Å². The van der Waals surface area contributed by atoms with Gasteiger partial charge < -0.3 is 14.6 Å². The lowest BCUT2D eigenvalue weighted by Crippen LogP contribution is -2.40. The standard InChI is InChI=1S/C21H28ClN5O2/c1-29-18-9-8-16(22)12-17(18)23-20(28)14-26-10-5-6-15(13-26)21-25-24-19-7-3-2-4-11-27(19)21/h8-9,12,15H,2-7,10-11,13-14H2,1H3,(H,23,28). The molecule has 1 saturated heterocycles. The van der Waals surface area contributed by atoms with E-state index in [0.717, 1.165) is 50.5 Å². The molecular weight excluding hydrogens is 390 g/mol. The number of halogens is 1. The predicted molar refractivity (Wildman–Crippen MR) is 113 cm³/mol. The lowest BCUT2D eigenvalue weighted by molar-refractivity contribution is -0.117. The largest absolute Gasteiger partial charge is 0.495 e. The van der Waals surface area contributed by atoms with E-state index < -0.39 is 0 Å². The van der Waals surface area contributed by atoms with Crippen molar-refractivity contribution in [3.63, 3.8) is 0 Å². The number of piperidine rings is 1. The quantitative estimate of drug-likeness (QED) is 0.806. The Balaban J connectivity index is 1.40. The molecule has 2 aromatic rings. The van der Waals surface area contributed by atoms with Crippen molar-refractivity contribution in [1.29, 1.82) is 0 Å². The lowest BCUT2D eigenvalue weighted by Gasteiger charge is -2.32. The number of nitrogens with one attached hydrogen (secondary N) is 1. The van der Waals surface area contributed by atoms with E-state index in [9.17, 15) is 4.79 Å². The van der Waals surface area contributed by atoms with Crippen LogP contribution < -0.4 is 10.1 Å². The maximum absolute atomic E-state index is 12.6. The van der Waals surface area contributed by atoms with Crippen molar-refractivity contribution in [2.75, 3.05) is 32.1 Å². The van der Waals surface area contributed by atoms with Crippen molar-refractivity contribution in [3.8, 4) is 5.75 Å². The first-order chi connectivity index (χ1) is 14.1. The van der Waals surface area contributed by atoms with E-state index in [4.69, 9.17) is 16.3 Å². The van der Waals surface area contributed by atoms with Gasteiger partial charge in [-0.25, -0.2) is 0 Å². The minimum absolute atomic E-state index is 0.0636. The van der Waals surface area contributed by atoms with Crippen LogP contribution in [0.3, 0.4) is 0 Å². The van der Waals surface area contributed by atoms with Gasteiger partial charge in [0.15, 0.2) is 0 Å². The Morgan fingerprint density at radius 1 is 1.24 bits per heavy atom. The van der Waals surface area contributed by atoms with E-state index >= 15 is 0 Å². The van der Waals surface area contributed by atoms with Crippen LogP contribution in [-0.2, 0) is 17.8 Å². The molecule has 1 aromatic carbocycles. The number of anilines is 1. The van der Waals surface area contributed by atoms with Gasteiger partial charge in [-0.2, -0.15) is 0 Å². The summed E-state index contributed by atoms with van der Waals surface area (Å²) >= 11 is 6.06. The third-order valence-corrected chi connectivity index (χ3v) is 6.05. The first-order valence-electron chi connectivity index (χ1n) is 10.4. The second kappa shape index (κ2) is 9.13. The molecule has 156 valence electrons. The molecule has 1 N–H and O–H groups in total. The van der Waals surface area contributed by atoms with Gasteiger partial charge in [0.25, 0.3) is 0 Å². The fourth-order valence-corrected chi connectivity index (χ4v) is 4.56. The van der Waals surface area contributed by atoms with Crippen molar-refractivity contribution in [2.45, 2.75) is 51.0 Å². The SMILES string of the molecule is COc1ccc(Cl)cc1NC(=O)CN1CCCC(c2nnc3n2CCCCC3)C1. The maximum atomic E-state index is 12.6. The van der Waals surface area contributed by atoms with Crippen molar-refractivity contribution in [3.05, 3.63) is 34.9 Å². The van der Waals surface area contributed by atoms with Gasteiger partial charge >= 0.3 is 0 Å². The van der Waals surface area contributed by atoms with Crippen LogP contribution in [0.15, 0.2) is 18.2 Å². The molecule has 2 aliphatic rings. The summed E-state index contributed by atoms with van der Waals surface area (Å²) in [6, 6.07) is 5.21. The average Bonchev–Trinajstić information content (AvgIpc) is 2.96. The Bertz CT molecular complexity index is 869. The van der Waals surface area contributed by atoms with Crippen LogP contribution >= 0.6 is 11.6 Å². The average molecular weight is 418 g/mol. The van der Waals surface area contributed by atoms with E-state index in [1.165, 1.54) is 19.3 Å². The van der Waals surface area contributed by atoms with E-state index in [-0.39, 0.29) is 5.91 Å². The molecule has 1 amide bonds. The zero-order valence-corrected chi connectivity index (χ0v) is 17.6. The van der Waals surface area contributed by atoms with E-state index in [0.29, 0.717) is 28.9 Å². The van der Waals surface area contributed by atoms with E-state index in [1.54, 1.807) is 25.3 Å². The number of rotatable bonds is 5. The molecule has 1 atom stereocenters. The van der Waals surface area contributed by atoms with Crippen LogP contribution in [0.4, 0.5) is 5.69 Å². The van der Waals surface area contributed by atoms with Gasteiger partial charge in [0, 0.05) is 30.5 Å². The van der Waals surface area contributed by atoms with Crippen LogP contribution in [0.2, 0.25) is 5.02 Å². The number of hydrogen-bond donors (Lipinski definition) is 1. The number of carbonyl (C=O) groups excluding carboxylic acids is 1. The minimum Gasteiger partial charge on any atom is -0.495 e. The summed E-state index contributed by atoms with van der Waals surface area (Å²) in [5.41, 5.74) is 0.598. The van der Waals surface area contributed by atoms with Gasteiger partial charge in [0.2, 0.25) is 5.91 Å². The number of fused-ring (bicyclic) bond motifs is 1.